The summed E-state index contributed by atoms with van der Waals surface area (Å²) in [6.45, 7) is 0.709. The van der Waals surface area contributed by atoms with E-state index in [9.17, 15) is 18.0 Å². The minimum atomic E-state index is -4.51. The summed E-state index contributed by atoms with van der Waals surface area (Å²) in [5, 5.41) is 2.43. The zero-order chi connectivity index (χ0) is 18.4. The predicted octanol–water partition coefficient (Wildman–Crippen LogP) is 4.33. The third-order valence-electron chi connectivity index (χ3n) is 2.88. The van der Waals surface area contributed by atoms with Gasteiger partial charge in [-0.3, -0.25) is 4.79 Å². The third kappa shape index (κ3) is 5.53. The molecule has 1 N–H and O–H groups in total. The number of hydrogen-bond donors (Lipinski definition) is 1. The van der Waals surface area contributed by atoms with E-state index in [0.717, 1.165) is 6.20 Å². The fourth-order valence-electron chi connectivity index (χ4n) is 1.85. The number of benzene rings is 1. The average Bonchev–Trinajstić information content (AvgIpc) is 2.55. The number of ether oxygens (including phenoxy) is 2. The Labute approximate surface area is 146 Å². The van der Waals surface area contributed by atoms with Crippen molar-refractivity contribution in [3.63, 3.8) is 0 Å². The van der Waals surface area contributed by atoms with Crippen LogP contribution >= 0.6 is 11.6 Å². The number of anilines is 1. The summed E-state index contributed by atoms with van der Waals surface area (Å²) in [6.07, 6.45) is -3.43. The van der Waals surface area contributed by atoms with Crippen LogP contribution in [0.4, 0.5) is 18.9 Å². The number of hydrogen-bond acceptors (Lipinski definition) is 4. The van der Waals surface area contributed by atoms with Crippen LogP contribution in [0.3, 0.4) is 0 Å². The van der Waals surface area contributed by atoms with E-state index in [0.29, 0.717) is 18.0 Å². The molecule has 134 valence electrons. The first-order valence-corrected chi connectivity index (χ1v) is 7.56. The van der Waals surface area contributed by atoms with Gasteiger partial charge in [0.15, 0.2) is 6.61 Å². The number of nitrogens with one attached hydrogen (secondary N) is 1. The van der Waals surface area contributed by atoms with Gasteiger partial charge in [-0.1, -0.05) is 23.7 Å². The highest BCUT2D eigenvalue weighted by molar-refractivity contribution is 6.32. The molecule has 1 aromatic carbocycles. The average molecular weight is 375 g/mol. The number of aromatic nitrogens is 1. The minimum Gasteiger partial charge on any atom is -0.492 e. The van der Waals surface area contributed by atoms with Gasteiger partial charge in [0.05, 0.1) is 17.9 Å². The molecule has 0 unspecified atom stereocenters. The van der Waals surface area contributed by atoms with Crippen LogP contribution in [-0.4, -0.2) is 30.3 Å². The van der Waals surface area contributed by atoms with Crippen molar-refractivity contribution in [3.8, 4) is 11.6 Å². The van der Waals surface area contributed by atoms with Crippen molar-refractivity contribution in [2.24, 2.45) is 0 Å². The number of nitrogens with zero attached hydrogens (tertiary/aromatic N) is 1. The quantitative estimate of drug-likeness (QED) is 0.817. The molecular weight excluding hydrogens is 361 g/mol. The lowest BCUT2D eigenvalue weighted by molar-refractivity contribution is -0.154. The van der Waals surface area contributed by atoms with Gasteiger partial charge >= 0.3 is 6.18 Å². The second-order valence-corrected chi connectivity index (χ2v) is 5.21. The number of carbonyl (C=O) groups is 1. The topological polar surface area (TPSA) is 60.5 Å². The third-order valence-corrected chi connectivity index (χ3v) is 3.15. The zero-order valence-corrected chi connectivity index (χ0v) is 13.8. The Kier molecular flexibility index (Phi) is 6.08. The minimum absolute atomic E-state index is 0.0654. The number of rotatable bonds is 6. The van der Waals surface area contributed by atoms with Crippen LogP contribution in [-0.2, 0) is 0 Å². The summed E-state index contributed by atoms with van der Waals surface area (Å²) in [5.41, 5.74) is 0.513. The molecule has 2 rings (SSSR count). The van der Waals surface area contributed by atoms with Crippen LogP contribution in [0.25, 0.3) is 0 Å². The molecule has 0 bridgehead atoms. The van der Waals surface area contributed by atoms with Gasteiger partial charge in [0.2, 0.25) is 5.88 Å². The Morgan fingerprint density at radius 2 is 2.00 bits per heavy atom. The SMILES string of the molecule is CCOc1ccccc1NC(=O)c1cnc(OCC(F)(F)F)c(Cl)c1. The maximum atomic E-state index is 12.3. The summed E-state index contributed by atoms with van der Waals surface area (Å²) in [4.78, 5) is 15.9. The fraction of sp³-hybridized carbons (Fsp3) is 0.250. The van der Waals surface area contributed by atoms with Gasteiger partial charge in [-0.25, -0.2) is 4.98 Å². The van der Waals surface area contributed by atoms with Gasteiger partial charge in [0, 0.05) is 6.20 Å². The molecule has 0 saturated heterocycles. The molecule has 0 saturated carbocycles. The normalized spacial score (nSPS) is 11.1. The molecule has 0 atom stereocenters. The van der Waals surface area contributed by atoms with Crippen molar-refractivity contribution in [1.82, 2.24) is 4.98 Å². The highest BCUT2D eigenvalue weighted by atomic mass is 35.5. The highest BCUT2D eigenvalue weighted by Crippen LogP contribution is 2.27. The Balaban J connectivity index is 2.11. The molecule has 1 amide bonds. The lowest BCUT2D eigenvalue weighted by Gasteiger charge is -2.12. The van der Waals surface area contributed by atoms with Gasteiger partial charge in [-0.15, -0.1) is 0 Å². The molecule has 2 aromatic rings. The second-order valence-electron chi connectivity index (χ2n) is 4.80. The van der Waals surface area contributed by atoms with Gasteiger partial charge in [0.1, 0.15) is 10.8 Å². The van der Waals surface area contributed by atoms with Gasteiger partial charge in [0.25, 0.3) is 5.91 Å². The Morgan fingerprint density at radius 1 is 1.28 bits per heavy atom. The first-order valence-electron chi connectivity index (χ1n) is 7.18. The molecule has 1 aromatic heterocycles. The number of amides is 1. The van der Waals surface area contributed by atoms with Crippen molar-refractivity contribution >= 4 is 23.2 Å². The second kappa shape index (κ2) is 8.06. The molecule has 1 heterocycles. The Morgan fingerprint density at radius 3 is 2.64 bits per heavy atom. The van der Waals surface area contributed by atoms with E-state index in [-0.39, 0.29) is 10.6 Å². The van der Waals surface area contributed by atoms with Gasteiger partial charge < -0.3 is 14.8 Å². The molecule has 0 spiro atoms. The highest BCUT2D eigenvalue weighted by Gasteiger charge is 2.29. The molecule has 25 heavy (non-hydrogen) atoms. The largest absolute Gasteiger partial charge is 0.492 e. The van der Waals surface area contributed by atoms with Crippen LogP contribution in [0.15, 0.2) is 36.5 Å². The number of halogens is 4. The van der Waals surface area contributed by atoms with Crippen LogP contribution in [0.1, 0.15) is 17.3 Å². The van der Waals surface area contributed by atoms with E-state index < -0.39 is 24.6 Å². The van der Waals surface area contributed by atoms with E-state index in [2.05, 4.69) is 15.0 Å². The molecule has 5 nitrogen and oxygen atoms in total. The lowest BCUT2D eigenvalue weighted by atomic mass is 10.2. The van der Waals surface area contributed by atoms with Crippen molar-refractivity contribution in [2.45, 2.75) is 13.1 Å². The summed E-state index contributed by atoms with van der Waals surface area (Å²) < 4.78 is 46.3. The summed E-state index contributed by atoms with van der Waals surface area (Å²) in [5.74, 6) is -0.447. The molecule has 0 fully saturated rings. The van der Waals surface area contributed by atoms with Crippen LogP contribution in [0.2, 0.25) is 5.02 Å². The monoisotopic (exact) mass is 374 g/mol. The van der Waals surface area contributed by atoms with E-state index in [4.69, 9.17) is 16.3 Å². The molecule has 0 aliphatic carbocycles. The summed E-state index contributed by atoms with van der Waals surface area (Å²) in [7, 11) is 0. The van der Waals surface area contributed by atoms with Crippen LogP contribution in [0.5, 0.6) is 11.6 Å². The van der Waals surface area contributed by atoms with Crippen molar-refractivity contribution < 1.29 is 27.4 Å². The maximum absolute atomic E-state index is 12.3. The lowest BCUT2D eigenvalue weighted by Crippen LogP contribution is -2.20. The maximum Gasteiger partial charge on any atom is 0.422 e. The smallest absolute Gasteiger partial charge is 0.422 e. The molecule has 0 radical (unpaired) electrons. The van der Waals surface area contributed by atoms with Gasteiger partial charge in [-0.05, 0) is 25.1 Å². The van der Waals surface area contributed by atoms with Crippen molar-refractivity contribution in [3.05, 3.63) is 47.1 Å². The zero-order valence-electron chi connectivity index (χ0n) is 13.1. The number of carbonyl (C=O) groups excluding carboxylic acids is 1. The fourth-order valence-corrected chi connectivity index (χ4v) is 2.07. The van der Waals surface area contributed by atoms with E-state index in [1.165, 1.54) is 6.07 Å². The van der Waals surface area contributed by atoms with E-state index in [1.807, 2.05) is 6.92 Å². The van der Waals surface area contributed by atoms with E-state index in [1.54, 1.807) is 24.3 Å². The Bertz CT molecular complexity index is 754. The van der Waals surface area contributed by atoms with Gasteiger partial charge in [-0.2, -0.15) is 13.2 Å². The molecular formula is C16H14ClF3N2O3. The molecule has 9 heteroatoms. The van der Waals surface area contributed by atoms with E-state index >= 15 is 0 Å². The Hall–Kier alpha value is -2.48. The predicted molar refractivity (Wildman–Crippen MR) is 86.4 cm³/mol. The number of alkyl halides is 3. The van der Waals surface area contributed by atoms with Crippen LogP contribution in [0, 0.1) is 0 Å². The number of pyridine rings is 1. The van der Waals surface area contributed by atoms with Crippen LogP contribution < -0.4 is 14.8 Å². The first kappa shape index (κ1) is 18.9. The molecule has 0 aliphatic rings. The van der Waals surface area contributed by atoms with Crippen molar-refractivity contribution in [1.29, 1.82) is 0 Å². The number of para-hydroxylation sites is 2. The standard InChI is InChI=1S/C16H14ClF3N2O3/c1-2-24-13-6-4-3-5-12(13)22-14(23)10-7-11(17)15(21-8-10)25-9-16(18,19)20/h3-8H,2,9H2,1H3,(H,22,23). The first-order chi connectivity index (χ1) is 11.8. The molecule has 0 aliphatic heterocycles. The summed E-state index contributed by atoms with van der Waals surface area (Å²) in [6, 6.07) is 8.00. The van der Waals surface area contributed by atoms with Crippen molar-refractivity contribution in [2.75, 3.05) is 18.5 Å². The summed E-state index contributed by atoms with van der Waals surface area (Å²) >= 11 is 5.83.